The molecule has 0 spiro atoms. The van der Waals surface area contributed by atoms with Crippen LogP contribution >= 0.6 is 0 Å². The normalized spacial score (nSPS) is 13.7. The second-order valence-electron chi connectivity index (χ2n) is 10.0. The maximum absolute atomic E-state index is 13.0. The average molecular weight is 575 g/mol. The number of anilines is 2. The maximum Gasteiger partial charge on any atom is 0.252 e. The van der Waals surface area contributed by atoms with Gasteiger partial charge in [0.05, 0.1) is 37.8 Å². The number of nitrogen functional groups attached to an aromatic ring is 1. The fourth-order valence-electron chi connectivity index (χ4n) is 5.04. The Morgan fingerprint density at radius 1 is 0.929 bits per heavy atom. The van der Waals surface area contributed by atoms with Crippen LogP contribution in [0, 0.1) is 0 Å². The Hall–Kier alpha value is -4.48. The minimum absolute atomic E-state index is 0.170. The zero-order chi connectivity index (χ0) is 29.5. The van der Waals surface area contributed by atoms with E-state index in [0.29, 0.717) is 53.8 Å². The zero-order valence-electron chi connectivity index (χ0n) is 24.3. The summed E-state index contributed by atoms with van der Waals surface area (Å²) >= 11 is 0. The fourth-order valence-corrected chi connectivity index (χ4v) is 5.04. The summed E-state index contributed by atoms with van der Waals surface area (Å²) in [5, 5.41) is 3.04. The number of methoxy groups -OCH3 is 3. The molecule has 2 aromatic heterocycles. The van der Waals surface area contributed by atoms with Crippen molar-refractivity contribution >= 4 is 22.9 Å². The van der Waals surface area contributed by atoms with Gasteiger partial charge in [-0.15, -0.1) is 0 Å². The van der Waals surface area contributed by atoms with E-state index in [-0.39, 0.29) is 5.91 Å². The standard InChI is InChI=1S/C31H38N6O5/c1-39-16-17-42-25-7-5-24(6-8-25)36-14-12-35(13-15-36)11-10-33-31(38)23-18-26(32)30-34-27(21-37(30)20-23)22-4-9-28(40-2)29(19-22)41-3/h4-9,18-21H,10-17,32H2,1-3H3,(H,33,38). The number of pyridine rings is 1. The lowest BCUT2D eigenvalue weighted by Gasteiger charge is -2.36. The van der Waals surface area contributed by atoms with Gasteiger partial charge in [0, 0.05) is 70.0 Å². The number of ether oxygens (including phenoxy) is 4. The largest absolute Gasteiger partial charge is 0.493 e. The van der Waals surface area contributed by atoms with Gasteiger partial charge in [-0.05, 0) is 48.5 Å². The highest BCUT2D eigenvalue weighted by Crippen LogP contribution is 2.32. The van der Waals surface area contributed by atoms with Gasteiger partial charge in [0.25, 0.3) is 5.91 Å². The van der Waals surface area contributed by atoms with Gasteiger partial charge in [-0.25, -0.2) is 4.98 Å². The summed E-state index contributed by atoms with van der Waals surface area (Å²) in [6, 6.07) is 15.5. The predicted octanol–water partition coefficient (Wildman–Crippen LogP) is 3.18. The molecule has 1 saturated heterocycles. The monoisotopic (exact) mass is 574 g/mol. The first-order valence-electron chi connectivity index (χ1n) is 14.0. The number of nitrogens with one attached hydrogen (secondary N) is 1. The van der Waals surface area contributed by atoms with Crippen molar-refractivity contribution in [1.29, 1.82) is 0 Å². The fraction of sp³-hybridized carbons (Fsp3) is 0.355. The van der Waals surface area contributed by atoms with Crippen LogP contribution < -0.4 is 30.2 Å². The van der Waals surface area contributed by atoms with Crippen molar-refractivity contribution in [2.45, 2.75) is 0 Å². The number of nitrogens with zero attached hydrogens (tertiary/aromatic N) is 4. The molecule has 1 amide bonds. The number of benzene rings is 2. The van der Waals surface area contributed by atoms with Crippen LogP contribution in [0.2, 0.25) is 0 Å². The second-order valence-corrected chi connectivity index (χ2v) is 10.0. The molecule has 222 valence electrons. The first-order valence-corrected chi connectivity index (χ1v) is 14.0. The van der Waals surface area contributed by atoms with Crippen molar-refractivity contribution in [2.24, 2.45) is 0 Å². The number of rotatable bonds is 12. The number of hydrogen-bond acceptors (Lipinski definition) is 9. The van der Waals surface area contributed by atoms with Gasteiger partial charge in [0.15, 0.2) is 17.1 Å². The van der Waals surface area contributed by atoms with Crippen LogP contribution in [0.25, 0.3) is 16.9 Å². The summed E-state index contributed by atoms with van der Waals surface area (Å²) in [6.07, 6.45) is 3.61. The lowest BCUT2D eigenvalue weighted by atomic mass is 10.1. The number of fused-ring (bicyclic) bond motifs is 1. The van der Waals surface area contributed by atoms with Gasteiger partial charge < -0.3 is 39.3 Å². The van der Waals surface area contributed by atoms with Crippen LogP contribution in [-0.4, -0.2) is 94.0 Å². The Bertz CT molecular complexity index is 1500. The lowest BCUT2D eigenvalue weighted by Crippen LogP contribution is -2.48. The number of amides is 1. The molecule has 3 heterocycles. The van der Waals surface area contributed by atoms with E-state index in [1.165, 1.54) is 5.69 Å². The molecular weight excluding hydrogens is 536 g/mol. The molecule has 1 aliphatic rings. The molecule has 11 heteroatoms. The van der Waals surface area contributed by atoms with Crippen molar-refractivity contribution in [3.8, 4) is 28.5 Å². The van der Waals surface area contributed by atoms with Gasteiger partial charge in [-0.1, -0.05) is 0 Å². The number of carbonyl (C=O) groups is 1. The Morgan fingerprint density at radius 2 is 1.69 bits per heavy atom. The predicted molar refractivity (Wildman–Crippen MR) is 163 cm³/mol. The van der Waals surface area contributed by atoms with Crippen LogP contribution in [0.15, 0.2) is 60.9 Å². The van der Waals surface area contributed by atoms with Crippen LogP contribution in [0.1, 0.15) is 10.4 Å². The summed E-state index contributed by atoms with van der Waals surface area (Å²) < 4.78 is 23.2. The van der Waals surface area contributed by atoms with Crippen LogP contribution in [-0.2, 0) is 4.74 Å². The molecule has 0 atom stereocenters. The first kappa shape index (κ1) is 29.0. The van der Waals surface area contributed by atoms with Crippen molar-refractivity contribution in [3.63, 3.8) is 0 Å². The van der Waals surface area contributed by atoms with Crippen molar-refractivity contribution in [2.75, 3.05) is 84.4 Å². The third kappa shape index (κ3) is 6.69. The Morgan fingerprint density at radius 3 is 2.40 bits per heavy atom. The van der Waals surface area contributed by atoms with Crippen molar-refractivity contribution in [3.05, 3.63) is 66.5 Å². The molecule has 0 bridgehead atoms. The summed E-state index contributed by atoms with van der Waals surface area (Å²) in [4.78, 5) is 22.4. The summed E-state index contributed by atoms with van der Waals surface area (Å²) in [5.41, 5.74) is 10.5. The Labute approximate surface area is 245 Å². The van der Waals surface area contributed by atoms with Gasteiger partial charge in [0.2, 0.25) is 0 Å². The van der Waals surface area contributed by atoms with E-state index in [2.05, 4.69) is 32.2 Å². The molecule has 0 aliphatic carbocycles. The number of aromatic nitrogens is 2. The van der Waals surface area contributed by atoms with Gasteiger partial charge in [-0.3, -0.25) is 9.69 Å². The van der Waals surface area contributed by atoms with E-state index < -0.39 is 0 Å². The first-order chi connectivity index (χ1) is 20.5. The smallest absolute Gasteiger partial charge is 0.252 e. The van der Waals surface area contributed by atoms with E-state index in [1.807, 2.05) is 36.5 Å². The van der Waals surface area contributed by atoms with E-state index in [4.69, 9.17) is 24.7 Å². The zero-order valence-corrected chi connectivity index (χ0v) is 24.3. The quantitative estimate of drug-likeness (QED) is 0.246. The second kappa shape index (κ2) is 13.5. The molecular formula is C31H38N6O5. The minimum Gasteiger partial charge on any atom is -0.493 e. The van der Waals surface area contributed by atoms with Crippen LogP contribution in [0.4, 0.5) is 11.4 Å². The topological polar surface area (TPSA) is 116 Å². The maximum atomic E-state index is 13.0. The SMILES string of the molecule is COCCOc1ccc(N2CCN(CCNC(=O)c3cc(N)c4nc(-c5ccc(OC)c(OC)c5)cn4c3)CC2)cc1. The highest BCUT2D eigenvalue weighted by Gasteiger charge is 2.18. The van der Waals surface area contributed by atoms with E-state index in [0.717, 1.165) is 44.0 Å². The van der Waals surface area contributed by atoms with Gasteiger partial charge in [0.1, 0.15) is 12.4 Å². The molecule has 1 aliphatic heterocycles. The molecule has 4 aromatic rings. The molecule has 1 fully saturated rings. The number of nitrogens with two attached hydrogens (primary N) is 1. The molecule has 3 N–H and O–H groups in total. The van der Waals surface area contributed by atoms with Crippen molar-refractivity contribution in [1.82, 2.24) is 19.6 Å². The number of imidazole rings is 1. The average Bonchev–Trinajstić information content (AvgIpc) is 3.46. The molecule has 5 rings (SSSR count). The number of hydrogen-bond donors (Lipinski definition) is 2. The van der Waals surface area contributed by atoms with E-state index in [9.17, 15) is 4.79 Å². The number of carbonyl (C=O) groups excluding carboxylic acids is 1. The van der Waals surface area contributed by atoms with E-state index >= 15 is 0 Å². The molecule has 2 aromatic carbocycles. The number of piperazine rings is 1. The Kier molecular flexibility index (Phi) is 9.30. The molecule has 0 radical (unpaired) electrons. The molecule has 11 nitrogen and oxygen atoms in total. The third-order valence-corrected chi connectivity index (χ3v) is 7.37. The summed E-state index contributed by atoms with van der Waals surface area (Å²) in [5.74, 6) is 1.92. The molecule has 0 saturated carbocycles. The highest BCUT2D eigenvalue weighted by atomic mass is 16.5. The highest BCUT2D eigenvalue weighted by molar-refractivity contribution is 5.95. The van der Waals surface area contributed by atoms with Crippen LogP contribution in [0.3, 0.4) is 0 Å². The van der Waals surface area contributed by atoms with Crippen LogP contribution in [0.5, 0.6) is 17.2 Å². The summed E-state index contributed by atoms with van der Waals surface area (Å²) in [6.45, 7) is 6.13. The van der Waals surface area contributed by atoms with E-state index in [1.54, 1.807) is 38.0 Å². The molecule has 42 heavy (non-hydrogen) atoms. The lowest BCUT2D eigenvalue weighted by molar-refractivity contribution is 0.0947. The van der Waals surface area contributed by atoms with Gasteiger partial charge in [-0.2, -0.15) is 0 Å². The van der Waals surface area contributed by atoms with Crippen molar-refractivity contribution < 1.29 is 23.7 Å². The van der Waals surface area contributed by atoms with Gasteiger partial charge >= 0.3 is 0 Å². The molecule has 0 unspecified atom stereocenters. The Balaban J connectivity index is 1.13. The minimum atomic E-state index is -0.170. The summed E-state index contributed by atoms with van der Waals surface area (Å²) in [7, 11) is 4.85. The third-order valence-electron chi connectivity index (χ3n) is 7.37.